The molecule has 8 heteroatoms. The van der Waals surface area contributed by atoms with Gasteiger partial charge in [-0.1, -0.05) is 12.1 Å². The molecular formula is C15H24Cl2N4OS. The molecule has 0 unspecified atom stereocenters. The summed E-state index contributed by atoms with van der Waals surface area (Å²) in [6.07, 6.45) is 2.03. The van der Waals surface area contributed by atoms with Crippen LogP contribution in [-0.2, 0) is 17.1 Å². The molecule has 0 fully saturated rings. The van der Waals surface area contributed by atoms with E-state index in [9.17, 15) is 4.79 Å². The second-order valence-electron chi connectivity index (χ2n) is 5.67. The van der Waals surface area contributed by atoms with Gasteiger partial charge >= 0.3 is 0 Å². The summed E-state index contributed by atoms with van der Waals surface area (Å²) in [4.78, 5) is 16.9. The number of halogens is 2. The molecule has 5 nitrogen and oxygen atoms in total. The van der Waals surface area contributed by atoms with Crippen molar-refractivity contribution in [1.82, 2.24) is 14.9 Å². The Morgan fingerprint density at radius 2 is 2.00 bits per heavy atom. The van der Waals surface area contributed by atoms with Crippen molar-refractivity contribution in [3.63, 3.8) is 0 Å². The highest BCUT2D eigenvalue weighted by Gasteiger charge is 2.20. The van der Waals surface area contributed by atoms with Gasteiger partial charge in [0, 0.05) is 12.1 Å². The van der Waals surface area contributed by atoms with E-state index in [0.717, 1.165) is 22.6 Å². The molecule has 1 amide bonds. The molecule has 1 heterocycles. The average Bonchev–Trinajstić information content (AvgIpc) is 2.77. The van der Waals surface area contributed by atoms with Crippen LogP contribution in [0, 0.1) is 0 Å². The van der Waals surface area contributed by atoms with Crippen LogP contribution in [0.15, 0.2) is 24.3 Å². The maximum absolute atomic E-state index is 12.3. The summed E-state index contributed by atoms with van der Waals surface area (Å²) in [7, 11) is 0. The van der Waals surface area contributed by atoms with Crippen molar-refractivity contribution in [1.29, 1.82) is 0 Å². The van der Waals surface area contributed by atoms with Crippen molar-refractivity contribution in [2.24, 2.45) is 5.73 Å². The zero-order valence-electron chi connectivity index (χ0n) is 13.5. The second kappa shape index (κ2) is 9.37. The van der Waals surface area contributed by atoms with Crippen molar-refractivity contribution in [3.05, 3.63) is 30.1 Å². The average molecular weight is 379 g/mol. The van der Waals surface area contributed by atoms with Crippen LogP contribution in [0.1, 0.15) is 19.7 Å². The first-order chi connectivity index (χ1) is 9.96. The number of thioether (sulfide) groups is 1. The fourth-order valence-electron chi connectivity index (χ4n) is 2.15. The Hall–Kier alpha value is -0.950. The van der Waals surface area contributed by atoms with Crippen LogP contribution in [-0.4, -0.2) is 33.8 Å². The quantitative estimate of drug-likeness (QED) is 0.809. The van der Waals surface area contributed by atoms with Gasteiger partial charge in [0.1, 0.15) is 12.4 Å². The number of carbonyl (C=O) groups excluding carboxylic acids is 1. The highest BCUT2D eigenvalue weighted by molar-refractivity contribution is 7.97. The number of nitrogens with zero attached hydrogens (tertiary/aromatic N) is 2. The summed E-state index contributed by atoms with van der Waals surface area (Å²) >= 11 is 1.69. The molecule has 23 heavy (non-hydrogen) atoms. The molecule has 3 N–H and O–H groups in total. The van der Waals surface area contributed by atoms with Crippen molar-refractivity contribution >= 4 is 53.5 Å². The molecule has 0 aliphatic carbocycles. The summed E-state index contributed by atoms with van der Waals surface area (Å²) in [5.74, 6) is 1.66. The number of nitrogens with two attached hydrogens (primary N) is 1. The van der Waals surface area contributed by atoms with Gasteiger partial charge in [-0.15, -0.1) is 24.8 Å². The first-order valence-electron chi connectivity index (χ1n) is 6.91. The van der Waals surface area contributed by atoms with Gasteiger partial charge < -0.3 is 15.6 Å². The molecule has 0 bridgehead atoms. The van der Waals surface area contributed by atoms with E-state index >= 15 is 0 Å². The van der Waals surface area contributed by atoms with Gasteiger partial charge in [-0.05, 0) is 32.2 Å². The van der Waals surface area contributed by atoms with E-state index in [0.29, 0.717) is 6.54 Å². The lowest BCUT2D eigenvalue weighted by molar-refractivity contribution is -0.123. The van der Waals surface area contributed by atoms with Gasteiger partial charge in [-0.3, -0.25) is 4.79 Å². The SMILES string of the molecule is CSCc1nc2ccccc2n1CC(=O)NC(C)(C)CN.Cl.Cl. The van der Waals surface area contributed by atoms with Crippen molar-refractivity contribution in [2.75, 3.05) is 12.8 Å². The number of imidazole rings is 1. The fraction of sp³-hybridized carbons (Fsp3) is 0.467. The van der Waals surface area contributed by atoms with Crippen LogP contribution in [0.4, 0.5) is 0 Å². The molecule has 0 spiro atoms. The number of hydrogen-bond acceptors (Lipinski definition) is 4. The van der Waals surface area contributed by atoms with E-state index in [-0.39, 0.29) is 37.3 Å². The number of fused-ring (bicyclic) bond motifs is 1. The van der Waals surface area contributed by atoms with Gasteiger partial charge in [0.2, 0.25) is 5.91 Å². The number of para-hydroxylation sites is 2. The number of nitrogens with one attached hydrogen (secondary N) is 1. The van der Waals surface area contributed by atoms with E-state index in [1.807, 2.05) is 48.9 Å². The first-order valence-corrected chi connectivity index (χ1v) is 8.30. The molecule has 0 saturated carbocycles. The monoisotopic (exact) mass is 378 g/mol. The lowest BCUT2D eigenvalue weighted by Gasteiger charge is -2.24. The minimum atomic E-state index is -0.396. The first kappa shape index (κ1) is 22.1. The highest BCUT2D eigenvalue weighted by atomic mass is 35.5. The maximum Gasteiger partial charge on any atom is 0.240 e. The van der Waals surface area contributed by atoms with E-state index < -0.39 is 5.54 Å². The van der Waals surface area contributed by atoms with Crippen LogP contribution in [0.25, 0.3) is 11.0 Å². The van der Waals surface area contributed by atoms with Crippen LogP contribution < -0.4 is 11.1 Å². The molecule has 0 aliphatic rings. The highest BCUT2D eigenvalue weighted by Crippen LogP contribution is 2.19. The van der Waals surface area contributed by atoms with Crippen LogP contribution in [0.5, 0.6) is 0 Å². The third-order valence-corrected chi connectivity index (χ3v) is 3.84. The van der Waals surface area contributed by atoms with Gasteiger partial charge in [-0.25, -0.2) is 4.98 Å². The summed E-state index contributed by atoms with van der Waals surface area (Å²) in [6, 6.07) is 7.89. The Morgan fingerprint density at radius 3 is 2.61 bits per heavy atom. The molecule has 0 aliphatic heterocycles. The molecular weight excluding hydrogens is 355 g/mol. The topological polar surface area (TPSA) is 72.9 Å². The Kier molecular flexibility index (Phi) is 8.98. The van der Waals surface area contributed by atoms with Crippen LogP contribution in [0.3, 0.4) is 0 Å². The van der Waals surface area contributed by atoms with E-state index in [4.69, 9.17) is 5.73 Å². The Bertz CT molecular complexity index is 645. The van der Waals surface area contributed by atoms with Gasteiger partial charge in [0.25, 0.3) is 0 Å². The predicted molar refractivity (Wildman–Crippen MR) is 103 cm³/mol. The van der Waals surface area contributed by atoms with E-state index in [1.54, 1.807) is 11.8 Å². The molecule has 0 radical (unpaired) electrons. The predicted octanol–water partition coefficient (Wildman–Crippen LogP) is 2.60. The number of amides is 1. The maximum atomic E-state index is 12.3. The lowest BCUT2D eigenvalue weighted by atomic mass is 10.1. The minimum Gasteiger partial charge on any atom is -0.348 e. The minimum absolute atomic E-state index is 0. The summed E-state index contributed by atoms with van der Waals surface area (Å²) in [6.45, 7) is 4.50. The van der Waals surface area contributed by atoms with E-state index in [1.165, 1.54) is 0 Å². The molecule has 130 valence electrons. The van der Waals surface area contributed by atoms with Crippen molar-refractivity contribution < 1.29 is 4.79 Å². The summed E-state index contributed by atoms with van der Waals surface area (Å²) < 4.78 is 1.98. The Morgan fingerprint density at radius 1 is 1.35 bits per heavy atom. The molecule has 2 rings (SSSR count). The fourth-order valence-corrected chi connectivity index (χ4v) is 2.63. The van der Waals surface area contributed by atoms with Gasteiger partial charge in [0.05, 0.1) is 16.8 Å². The number of benzene rings is 1. The normalized spacial score (nSPS) is 10.8. The number of hydrogen-bond donors (Lipinski definition) is 2. The number of rotatable bonds is 6. The van der Waals surface area contributed by atoms with Crippen molar-refractivity contribution in [2.45, 2.75) is 31.7 Å². The lowest BCUT2D eigenvalue weighted by Crippen LogP contribution is -2.49. The standard InChI is InChI=1S/C15H22N4OS.2ClH/c1-15(2,10-16)18-14(20)8-19-12-7-5-4-6-11(12)17-13(19)9-21-3;;/h4-7H,8-10,16H2,1-3H3,(H,18,20);2*1H. The largest absolute Gasteiger partial charge is 0.348 e. The van der Waals surface area contributed by atoms with Gasteiger partial charge in [0.15, 0.2) is 0 Å². The summed E-state index contributed by atoms with van der Waals surface area (Å²) in [5, 5.41) is 2.96. The number of carbonyl (C=O) groups is 1. The summed E-state index contributed by atoms with van der Waals surface area (Å²) in [5.41, 5.74) is 7.17. The molecule has 1 aromatic heterocycles. The van der Waals surface area contributed by atoms with Crippen LogP contribution >= 0.6 is 36.6 Å². The van der Waals surface area contributed by atoms with Gasteiger partial charge in [-0.2, -0.15) is 11.8 Å². The smallest absolute Gasteiger partial charge is 0.240 e. The Labute approximate surface area is 153 Å². The number of aromatic nitrogens is 2. The molecule has 0 atom stereocenters. The molecule has 1 aromatic carbocycles. The molecule has 0 saturated heterocycles. The third kappa shape index (κ3) is 5.57. The third-order valence-electron chi connectivity index (χ3n) is 3.30. The van der Waals surface area contributed by atoms with Crippen molar-refractivity contribution in [3.8, 4) is 0 Å². The molecule has 2 aromatic rings. The van der Waals surface area contributed by atoms with Crippen LogP contribution in [0.2, 0.25) is 0 Å². The zero-order valence-corrected chi connectivity index (χ0v) is 16.0. The second-order valence-corrected chi connectivity index (χ2v) is 6.54. The Balaban J connectivity index is 0.00000242. The zero-order chi connectivity index (χ0) is 15.5. The van der Waals surface area contributed by atoms with E-state index in [2.05, 4.69) is 10.3 Å².